The van der Waals surface area contributed by atoms with Crippen LogP contribution < -0.4 is 5.73 Å². The Bertz CT molecular complexity index is 619. The monoisotopic (exact) mass is 294 g/mol. The summed E-state index contributed by atoms with van der Waals surface area (Å²) in [6.07, 6.45) is 0. The zero-order valence-corrected chi connectivity index (χ0v) is 11.4. The Kier molecular flexibility index (Phi) is 4.29. The molecule has 4 nitrogen and oxygen atoms in total. The van der Waals surface area contributed by atoms with Crippen molar-refractivity contribution in [3.05, 3.63) is 63.2 Å². The summed E-state index contributed by atoms with van der Waals surface area (Å²) in [4.78, 5) is 11.1. The van der Waals surface area contributed by atoms with Gasteiger partial charge in [-0.3, -0.25) is 10.1 Å². The van der Waals surface area contributed by atoms with Crippen LogP contribution in [-0.4, -0.2) is 4.92 Å². The molecule has 2 aromatic carbocycles. The fraction of sp³-hybridized carbons (Fsp3) is 0.0769. The van der Waals surface area contributed by atoms with Gasteiger partial charge in [-0.2, -0.15) is 0 Å². The number of non-ortho nitro benzene ring substituents is 1. The number of benzene rings is 2. The Morgan fingerprint density at radius 1 is 1.26 bits per heavy atom. The fourth-order valence-corrected chi connectivity index (χ4v) is 2.83. The normalized spacial score (nSPS) is 10.4. The van der Waals surface area contributed by atoms with E-state index in [2.05, 4.69) is 0 Å². The Labute approximate surface area is 119 Å². The van der Waals surface area contributed by atoms with Crippen molar-refractivity contribution < 1.29 is 4.92 Å². The standard InChI is InChI=1S/C13H11ClN2O2S/c14-11-7-10(16(17)18)6-5-9(11)8-19-13-4-2-1-3-12(13)15/h1-7H,8,15H2. The van der Waals surface area contributed by atoms with E-state index in [-0.39, 0.29) is 5.69 Å². The molecule has 0 spiro atoms. The number of nitrogens with two attached hydrogens (primary N) is 1. The van der Waals surface area contributed by atoms with Gasteiger partial charge in [-0.1, -0.05) is 23.7 Å². The quantitative estimate of drug-likeness (QED) is 0.398. The molecule has 19 heavy (non-hydrogen) atoms. The number of nitrogens with zero attached hydrogens (tertiary/aromatic N) is 1. The predicted molar refractivity (Wildman–Crippen MR) is 78.5 cm³/mol. The molecule has 0 aliphatic rings. The van der Waals surface area contributed by atoms with Crippen LogP contribution in [0.2, 0.25) is 5.02 Å². The van der Waals surface area contributed by atoms with E-state index >= 15 is 0 Å². The maximum Gasteiger partial charge on any atom is 0.270 e. The van der Waals surface area contributed by atoms with Crippen LogP contribution in [-0.2, 0) is 5.75 Å². The van der Waals surface area contributed by atoms with Gasteiger partial charge in [0.1, 0.15) is 0 Å². The fourth-order valence-electron chi connectivity index (χ4n) is 1.53. The first-order valence-corrected chi connectivity index (χ1v) is 6.84. The number of halogens is 1. The summed E-state index contributed by atoms with van der Waals surface area (Å²) in [6.45, 7) is 0. The SMILES string of the molecule is Nc1ccccc1SCc1ccc([N+](=O)[O-])cc1Cl. The van der Waals surface area contributed by atoms with Crippen LogP contribution in [0.5, 0.6) is 0 Å². The number of anilines is 1. The zero-order chi connectivity index (χ0) is 13.8. The van der Waals surface area contributed by atoms with Crippen molar-refractivity contribution in [2.24, 2.45) is 0 Å². The van der Waals surface area contributed by atoms with Crippen LogP contribution >= 0.6 is 23.4 Å². The van der Waals surface area contributed by atoms with Crippen molar-refractivity contribution in [1.82, 2.24) is 0 Å². The molecule has 6 heteroatoms. The second kappa shape index (κ2) is 5.95. The number of nitro groups is 1. The molecular formula is C13H11ClN2O2S. The smallest absolute Gasteiger partial charge is 0.270 e. The summed E-state index contributed by atoms with van der Waals surface area (Å²) in [7, 11) is 0. The number of para-hydroxylation sites is 1. The molecular weight excluding hydrogens is 284 g/mol. The maximum absolute atomic E-state index is 10.6. The Balaban J connectivity index is 2.12. The van der Waals surface area contributed by atoms with Crippen molar-refractivity contribution in [3.8, 4) is 0 Å². The molecule has 0 aromatic heterocycles. The molecule has 0 amide bonds. The van der Waals surface area contributed by atoms with E-state index in [9.17, 15) is 10.1 Å². The molecule has 0 radical (unpaired) electrons. The highest BCUT2D eigenvalue weighted by Gasteiger charge is 2.10. The minimum Gasteiger partial charge on any atom is -0.398 e. The summed E-state index contributed by atoms with van der Waals surface area (Å²) in [5, 5.41) is 11.0. The van der Waals surface area contributed by atoms with E-state index in [0.717, 1.165) is 10.5 Å². The lowest BCUT2D eigenvalue weighted by atomic mass is 10.2. The van der Waals surface area contributed by atoms with Crippen LogP contribution in [0.4, 0.5) is 11.4 Å². The third kappa shape index (κ3) is 3.39. The summed E-state index contributed by atoms with van der Waals surface area (Å²) in [6, 6.07) is 12.0. The maximum atomic E-state index is 10.6. The molecule has 2 N–H and O–H groups in total. The average Bonchev–Trinajstić information content (AvgIpc) is 2.39. The van der Waals surface area contributed by atoms with Gasteiger partial charge in [0, 0.05) is 28.5 Å². The second-order valence-corrected chi connectivity index (χ2v) is 5.28. The van der Waals surface area contributed by atoms with E-state index in [1.54, 1.807) is 17.8 Å². The van der Waals surface area contributed by atoms with Crippen molar-refractivity contribution in [2.45, 2.75) is 10.6 Å². The number of hydrogen-bond donors (Lipinski definition) is 1. The van der Waals surface area contributed by atoms with E-state index in [4.69, 9.17) is 17.3 Å². The van der Waals surface area contributed by atoms with E-state index in [1.165, 1.54) is 12.1 Å². The number of nitrogen functional groups attached to an aromatic ring is 1. The first kappa shape index (κ1) is 13.7. The molecule has 0 heterocycles. The van der Waals surface area contributed by atoms with Gasteiger partial charge in [0.05, 0.1) is 9.95 Å². The highest BCUT2D eigenvalue weighted by molar-refractivity contribution is 7.98. The molecule has 2 rings (SSSR count). The van der Waals surface area contributed by atoms with Crippen molar-refractivity contribution >= 4 is 34.7 Å². The van der Waals surface area contributed by atoms with Crippen molar-refractivity contribution in [1.29, 1.82) is 0 Å². The minimum atomic E-state index is -0.460. The van der Waals surface area contributed by atoms with Gasteiger partial charge in [0.25, 0.3) is 5.69 Å². The third-order valence-corrected chi connectivity index (χ3v) is 4.04. The van der Waals surface area contributed by atoms with E-state index in [0.29, 0.717) is 16.5 Å². The number of hydrogen-bond acceptors (Lipinski definition) is 4. The van der Waals surface area contributed by atoms with Gasteiger partial charge in [-0.25, -0.2) is 0 Å². The first-order valence-electron chi connectivity index (χ1n) is 5.48. The highest BCUT2D eigenvalue weighted by atomic mass is 35.5. The lowest BCUT2D eigenvalue weighted by Gasteiger charge is -2.06. The lowest BCUT2D eigenvalue weighted by molar-refractivity contribution is -0.384. The molecule has 2 aromatic rings. The Hall–Kier alpha value is -1.72. The molecule has 0 atom stereocenters. The largest absolute Gasteiger partial charge is 0.398 e. The van der Waals surface area contributed by atoms with Gasteiger partial charge in [0.2, 0.25) is 0 Å². The summed E-state index contributed by atoms with van der Waals surface area (Å²) in [5.74, 6) is 0.616. The van der Waals surface area contributed by atoms with Crippen LogP contribution in [0.3, 0.4) is 0 Å². The topological polar surface area (TPSA) is 69.2 Å². The van der Waals surface area contributed by atoms with Crippen LogP contribution in [0.15, 0.2) is 47.4 Å². The van der Waals surface area contributed by atoms with Crippen LogP contribution in [0, 0.1) is 10.1 Å². The minimum absolute atomic E-state index is 0.00187. The van der Waals surface area contributed by atoms with Crippen LogP contribution in [0.1, 0.15) is 5.56 Å². The molecule has 0 aliphatic carbocycles. The molecule has 0 unspecified atom stereocenters. The van der Waals surface area contributed by atoms with E-state index in [1.807, 2.05) is 24.3 Å². The third-order valence-electron chi connectivity index (χ3n) is 2.55. The number of nitro benzene ring substituents is 1. The van der Waals surface area contributed by atoms with Gasteiger partial charge in [-0.15, -0.1) is 11.8 Å². The van der Waals surface area contributed by atoms with Crippen LogP contribution in [0.25, 0.3) is 0 Å². The zero-order valence-electron chi connectivity index (χ0n) is 9.88. The molecule has 0 bridgehead atoms. The van der Waals surface area contributed by atoms with Gasteiger partial charge in [-0.05, 0) is 23.8 Å². The Morgan fingerprint density at radius 3 is 2.63 bits per heavy atom. The molecule has 0 saturated carbocycles. The highest BCUT2D eigenvalue weighted by Crippen LogP contribution is 2.31. The molecule has 98 valence electrons. The summed E-state index contributed by atoms with van der Waals surface area (Å²) in [5.41, 5.74) is 7.40. The summed E-state index contributed by atoms with van der Waals surface area (Å²) >= 11 is 7.58. The lowest BCUT2D eigenvalue weighted by Crippen LogP contribution is -1.91. The Morgan fingerprint density at radius 2 is 2.00 bits per heavy atom. The van der Waals surface area contributed by atoms with Gasteiger partial charge >= 0.3 is 0 Å². The van der Waals surface area contributed by atoms with Crippen molar-refractivity contribution in [2.75, 3.05) is 5.73 Å². The molecule has 0 fully saturated rings. The van der Waals surface area contributed by atoms with E-state index < -0.39 is 4.92 Å². The predicted octanol–water partition coefficient (Wildman–Crippen LogP) is 4.12. The molecule has 0 saturated heterocycles. The summed E-state index contributed by atoms with van der Waals surface area (Å²) < 4.78 is 0. The molecule has 0 aliphatic heterocycles. The number of rotatable bonds is 4. The van der Waals surface area contributed by atoms with Gasteiger partial charge in [0.15, 0.2) is 0 Å². The second-order valence-electron chi connectivity index (χ2n) is 3.86. The van der Waals surface area contributed by atoms with Crippen molar-refractivity contribution in [3.63, 3.8) is 0 Å². The number of thioether (sulfide) groups is 1. The first-order chi connectivity index (χ1) is 9.08. The van der Waals surface area contributed by atoms with Gasteiger partial charge < -0.3 is 5.73 Å². The average molecular weight is 295 g/mol.